The molecule has 8 heteroatoms. The maximum absolute atomic E-state index is 11.8. The average molecular weight is 284 g/mol. The minimum absolute atomic E-state index is 0.188. The summed E-state index contributed by atoms with van der Waals surface area (Å²) in [6.07, 6.45) is -2.54. The van der Waals surface area contributed by atoms with E-state index in [-0.39, 0.29) is 12.0 Å². The molecule has 1 aromatic heterocycles. The first-order chi connectivity index (χ1) is 9.34. The summed E-state index contributed by atoms with van der Waals surface area (Å²) in [7, 11) is 0. The minimum Gasteiger partial charge on any atom is -0.390 e. The zero-order valence-electron chi connectivity index (χ0n) is 10.8. The highest BCUT2D eigenvalue weighted by Gasteiger charge is 2.61. The SMILES string of the molecule is Cc1cn([C@@H]2O[C@@H]3[C@H](O)CC[C@]3(O)[C@H]2O)c(=O)[nH]c1=O. The molecule has 2 aliphatic rings. The largest absolute Gasteiger partial charge is 0.390 e. The van der Waals surface area contributed by atoms with E-state index >= 15 is 0 Å². The van der Waals surface area contributed by atoms with Gasteiger partial charge >= 0.3 is 5.69 Å². The molecular formula is C12H16N2O6. The van der Waals surface area contributed by atoms with Crippen molar-refractivity contribution in [2.45, 2.75) is 49.9 Å². The summed E-state index contributed by atoms with van der Waals surface area (Å²) in [6, 6.07) is 0. The van der Waals surface area contributed by atoms with Crippen molar-refractivity contribution in [3.05, 3.63) is 32.6 Å². The van der Waals surface area contributed by atoms with Crippen LogP contribution in [-0.2, 0) is 4.74 Å². The molecule has 0 unspecified atom stereocenters. The molecule has 110 valence electrons. The number of aromatic nitrogens is 2. The van der Waals surface area contributed by atoms with Crippen LogP contribution in [0.4, 0.5) is 0 Å². The van der Waals surface area contributed by atoms with Crippen molar-refractivity contribution >= 4 is 0 Å². The fraction of sp³-hybridized carbons (Fsp3) is 0.667. The van der Waals surface area contributed by atoms with E-state index in [4.69, 9.17) is 4.74 Å². The smallest absolute Gasteiger partial charge is 0.330 e. The molecule has 1 saturated heterocycles. The third-order valence-electron chi connectivity index (χ3n) is 4.17. The Morgan fingerprint density at radius 1 is 1.45 bits per heavy atom. The molecule has 1 aliphatic carbocycles. The number of nitrogens with zero attached hydrogens (tertiary/aromatic N) is 1. The van der Waals surface area contributed by atoms with E-state index in [0.717, 1.165) is 4.57 Å². The van der Waals surface area contributed by atoms with Crippen molar-refractivity contribution in [1.29, 1.82) is 0 Å². The van der Waals surface area contributed by atoms with Crippen molar-refractivity contribution in [3.8, 4) is 0 Å². The van der Waals surface area contributed by atoms with Crippen LogP contribution in [0.1, 0.15) is 24.6 Å². The van der Waals surface area contributed by atoms with Crippen LogP contribution in [-0.4, -0.2) is 48.8 Å². The van der Waals surface area contributed by atoms with Crippen LogP contribution in [0.2, 0.25) is 0 Å². The highest BCUT2D eigenvalue weighted by atomic mass is 16.6. The third-order valence-corrected chi connectivity index (χ3v) is 4.17. The monoisotopic (exact) mass is 284 g/mol. The summed E-state index contributed by atoms with van der Waals surface area (Å²) < 4.78 is 6.50. The Bertz CT molecular complexity index is 652. The fourth-order valence-electron chi connectivity index (χ4n) is 2.99. The summed E-state index contributed by atoms with van der Waals surface area (Å²) in [6.45, 7) is 1.51. The highest BCUT2D eigenvalue weighted by Crippen LogP contribution is 2.46. The number of hydrogen-bond acceptors (Lipinski definition) is 6. The van der Waals surface area contributed by atoms with Gasteiger partial charge in [0.1, 0.15) is 17.8 Å². The molecule has 2 heterocycles. The van der Waals surface area contributed by atoms with Crippen LogP contribution in [0.15, 0.2) is 15.8 Å². The molecule has 0 radical (unpaired) electrons. The van der Waals surface area contributed by atoms with E-state index in [2.05, 4.69) is 4.98 Å². The number of ether oxygens (including phenoxy) is 1. The number of aliphatic hydroxyl groups is 3. The summed E-state index contributed by atoms with van der Waals surface area (Å²) in [4.78, 5) is 25.3. The standard InChI is InChI=1S/C12H16N2O6/c1-5-4-14(11(18)13-9(5)17)10-7(16)12(19)3-2-6(15)8(12)20-10/h4,6-8,10,15-16,19H,2-3H2,1H3,(H,13,17,18)/t6-,7+,8-,10-,12+/m1/s1. The van der Waals surface area contributed by atoms with Crippen LogP contribution in [0.25, 0.3) is 0 Å². The summed E-state index contributed by atoms with van der Waals surface area (Å²) in [5.74, 6) is 0. The number of H-pyrrole nitrogens is 1. The second-order valence-corrected chi connectivity index (χ2v) is 5.47. The van der Waals surface area contributed by atoms with Gasteiger partial charge in [-0.15, -0.1) is 0 Å². The Hall–Kier alpha value is -1.48. The zero-order valence-corrected chi connectivity index (χ0v) is 10.8. The van der Waals surface area contributed by atoms with Crippen molar-refractivity contribution < 1.29 is 20.1 Å². The Morgan fingerprint density at radius 2 is 2.15 bits per heavy atom. The fourth-order valence-corrected chi connectivity index (χ4v) is 2.99. The van der Waals surface area contributed by atoms with Crippen molar-refractivity contribution in [3.63, 3.8) is 0 Å². The number of aliphatic hydroxyl groups excluding tert-OH is 2. The Balaban J connectivity index is 2.03. The molecule has 0 amide bonds. The zero-order chi connectivity index (χ0) is 14.7. The van der Waals surface area contributed by atoms with Crippen LogP contribution in [0, 0.1) is 6.92 Å². The highest BCUT2D eigenvalue weighted by molar-refractivity contribution is 5.11. The minimum atomic E-state index is -1.58. The predicted molar refractivity (Wildman–Crippen MR) is 66.2 cm³/mol. The summed E-state index contributed by atoms with van der Waals surface area (Å²) >= 11 is 0. The first-order valence-corrected chi connectivity index (χ1v) is 6.40. The summed E-state index contributed by atoms with van der Waals surface area (Å²) in [5, 5.41) is 30.4. The van der Waals surface area contributed by atoms with Gasteiger partial charge < -0.3 is 20.1 Å². The second-order valence-electron chi connectivity index (χ2n) is 5.47. The molecule has 8 nitrogen and oxygen atoms in total. The normalized spacial score (nSPS) is 40.0. The lowest BCUT2D eigenvalue weighted by Crippen LogP contribution is -2.47. The van der Waals surface area contributed by atoms with Crippen molar-refractivity contribution in [1.82, 2.24) is 9.55 Å². The number of aromatic amines is 1. The molecule has 1 aromatic rings. The van der Waals surface area contributed by atoms with Crippen LogP contribution in [0.5, 0.6) is 0 Å². The first-order valence-electron chi connectivity index (χ1n) is 6.40. The Kier molecular flexibility index (Phi) is 2.87. The lowest BCUT2D eigenvalue weighted by molar-refractivity contribution is -0.0860. The second kappa shape index (κ2) is 4.26. The molecule has 4 N–H and O–H groups in total. The predicted octanol–water partition coefficient (Wildman–Crippen LogP) is -2.01. The summed E-state index contributed by atoms with van der Waals surface area (Å²) in [5.41, 5.74) is -2.54. The van der Waals surface area contributed by atoms with E-state index in [1.54, 1.807) is 0 Å². The molecule has 3 rings (SSSR count). The first kappa shape index (κ1) is 13.5. The van der Waals surface area contributed by atoms with Crippen molar-refractivity contribution in [2.75, 3.05) is 0 Å². The topological polar surface area (TPSA) is 125 Å². The Labute approximate surface area is 113 Å². The van der Waals surface area contributed by atoms with E-state index in [1.165, 1.54) is 13.1 Å². The van der Waals surface area contributed by atoms with Crippen LogP contribution in [0.3, 0.4) is 0 Å². The van der Waals surface area contributed by atoms with Crippen molar-refractivity contribution in [2.24, 2.45) is 0 Å². The average Bonchev–Trinajstić information content (AvgIpc) is 2.81. The van der Waals surface area contributed by atoms with E-state index in [9.17, 15) is 24.9 Å². The van der Waals surface area contributed by atoms with Gasteiger partial charge in [-0.05, 0) is 19.8 Å². The van der Waals surface area contributed by atoms with Gasteiger partial charge in [0.05, 0.1) is 6.10 Å². The van der Waals surface area contributed by atoms with E-state index < -0.39 is 41.4 Å². The van der Waals surface area contributed by atoms with Crippen LogP contribution < -0.4 is 11.2 Å². The maximum Gasteiger partial charge on any atom is 0.330 e. The number of fused-ring (bicyclic) bond motifs is 1. The Morgan fingerprint density at radius 3 is 2.80 bits per heavy atom. The molecule has 0 spiro atoms. The molecule has 1 aliphatic heterocycles. The van der Waals surface area contributed by atoms with Crippen LogP contribution >= 0.6 is 0 Å². The number of nitrogens with one attached hydrogen (secondary N) is 1. The van der Waals surface area contributed by atoms with Gasteiger partial charge in [-0.3, -0.25) is 14.3 Å². The molecule has 5 atom stereocenters. The van der Waals surface area contributed by atoms with E-state index in [1.807, 2.05) is 0 Å². The van der Waals surface area contributed by atoms with Gasteiger partial charge in [-0.25, -0.2) is 4.79 Å². The molecule has 2 fully saturated rings. The van der Waals surface area contributed by atoms with Gasteiger partial charge in [0.2, 0.25) is 0 Å². The molecule has 0 aromatic carbocycles. The number of rotatable bonds is 1. The maximum atomic E-state index is 11.8. The third kappa shape index (κ3) is 1.69. The van der Waals surface area contributed by atoms with Gasteiger partial charge in [-0.1, -0.05) is 0 Å². The molecule has 1 saturated carbocycles. The lowest BCUT2D eigenvalue weighted by atomic mass is 9.94. The molecule has 20 heavy (non-hydrogen) atoms. The van der Waals surface area contributed by atoms with Gasteiger partial charge in [0.25, 0.3) is 5.56 Å². The molecule has 0 bridgehead atoms. The lowest BCUT2D eigenvalue weighted by Gasteiger charge is -2.25. The number of aryl methyl sites for hydroxylation is 1. The number of hydrogen-bond donors (Lipinski definition) is 4. The van der Waals surface area contributed by atoms with Gasteiger partial charge in [0, 0.05) is 11.8 Å². The quantitative estimate of drug-likeness (QED) is 0.472. The molecular weight excluding hydrogens is 268 g/mol. The van der Waals surface area contributed by atoms with Gasteiger partial charge in [-0.2, -0.15) is 0 Å². The van der Waals surface area contributed by atoms with Gasteiger partial charge in [0.15, 0.2) is 6.23 Å². The van der Waals surface area contributed by atoms with E-state index in [0.29, 0.717) is 6.42 Å².